The first kappa shape index (κ1) is 24.6. The van der Waals surface area contributed by atoms with E-state index in [2.05, 4.69) is 0 Å². The Kier molecular flexibility index (Phi) is 4.70. The number of benzene rings is 7. The highest BCUT2D eigenvalue weighted by molar-refractivity contribution is 6.45. The molecule has 0 atom stereocenters. The predicted octanol–water partition coefficient (Wildman–Crippen LogP) is 10.5. The van der Waals surface area contributed by atoms with Crippen molar-refractivity contribution in [3.05, 3.63) is 127 Å². The first-order chi connectivity index (χ1) is 22.1. The second-order valence-electron chi connectivity index (χ2n) is 11.5. The van der Waals surface area contributed by atoms with Crippen LogP contribution in [0.1, 0.15) is 0 Å². The molecule has 0 fully saturated rings. The van der Waals surface area contributed by atoms with E-state index in [0.29, 0.717) is 50.3 Å². The van der Waals surface area contributed by atoms with Gasteiger partial charge in [0.05, 0.1) is 33.6 Å². The lowest BCUT2D eigenvalue weighted by Gasteiger charge is -2.23. The van der Waals surface area contributed by atoms with Gasteiger partial charge in [0.25, 0.3) is 0 Å². The van der Waals surface area contributed by atoms with Crippen molar-refractivity contribution in [2.45, 2.75) is 0 Å². The Labute approximate surface area is 253 Å². The predicted molar refractivity (Wildman–Crippen MR) is 175 cm³/mol. The summed E-state index contributed by atoms with van der Waals surface area (Å²) >= 11 is 0. The van der Waals surface area contributed by atoms with E-state index < -0.39 is 0 Å². The zero-order valence-electron chi connectivity index (χ0n) is 23.4. The van der Waals surface area contributed by atoms with E-state index in [4.69, 9.17) is 15.0 Å². The van der Waals surface area contributed by atoms with Gasteiger partial charge in [0.2, 0.25) is 0 Å². The van der Waals surface area contributed by atoms with Crippen molar-refractivity contribution >= 4 is 65.0 Å². The summed E-state index contributed by atoms with van der Waals surface area (Å²) in [5.74, 6) is -1.10. The molecule has 10 rings (SSSR count). The van der Waals surface area contributed by atoms with Crippen molar-refractivity contribution in [1.29, 1.82) is 0 Å². The van der Waals surface area contributed by atoms with E-state index in [9.17, 15) is 0 Å². The maximum atomic E-state index is 15.3. The first-order valence-electron chi connectivity index (χ1n) is 14.6. The molecule has 0 spiro atoms. The molecule has 0 saturated heterocycles. The van der Waals surface area contributed by atoms with Gasteiger partial charge in [-0.25, -0.2) is 28.1 Å². The number of halogens is 3. The third-order valence-corrected chi connectivity index (χ3v) is 9.15. The summed E-state index contributed by atoms with van der Waals surface area (Å²) < 4.78 is 46.0. The average Bonchev–Trinajstić information content (AvgIpc) is 3.07. The zero-order chi connectivity index (χ0) is 30.0. The van der Waals surface area contributed by atoms with E-state index in [1.54, 1.807) is 54.6 Å². The van der Waals surface area contributed by atoms with Crippen LogP contribution in [0.25, 0.3) is 98.8 Å². The van der Waals surface area contributed by atoms with Crippen LogP contribution in [-0.4, -0.2) is 15.0 Å². The number of hydrogen-bond donors (Lipinski definition) is 0. The van der Waals surface area contributed by atoms with Crippen LogP contribution < -0.4 is 0 Å². The summed E-state index contributed by atoms with van der Waals surface area (Å²) in [4.78, 5) is 15.2. The molecule has 45 heavy (non-hydrogen) atoms. The van der Waals surface area contributed by atoms with Gasteiger partial charge >= 0.3 is 0 Å². The van der Waals surface area contributed by atoms with Crippen LogP contribution in [0.4, 0.5) is 13.2 Å². The van der Waals surface area contributed by atoms with Crippen molar-refractivity contribution in [2.75, 3.05) is 0 Å². The molecule has 10 aromatic rings. The first-order valence-corrected chi connectivity index (χ1v) is 14.6. The molecule has 0 N–H and O–H groups in total. The average molecular weight is 586 g/mol. The molecule has 0 aliphatic rings. The zero-order valence-corrected chi connectivity index (χ0v) is 23.4. The topological polar surface area (TPSA) is 38.7 Å². The van der Waals surface area contributed by atoms with Crippen LogP contribution >= 0.6 is 0 Å². The van der Waals surface area contributed by atoms with Crippen LogP contribution in [0.2, 0.25) is 0 Å². The van der Waals surface area contributed by atoms with E-state index in [0.717, 1.165) is 48.5 Å². The van der Waals surface area contributed by atoms with Gasteiger partial charge in [-0.3, -0.25) is 0 Å². The molecular weight excluding hydrogens is 567 g/mol. The lowest BCUT2D eigenvalue weighted by atomic mass is 9.83. The van der Waals surface area contributed by atoms with Gasteiger partial charge < -0.3 is 0 Å². The maximum absolute atomic E-state index is 15.3. The van der Waals surface area contributed by atoms with Crippen molar-refractivity contribution < 1.29 is 13.2 Å². The fourth-order valence-electron chi connectivity index (χ4n) is 7.30. The van der Waals surface area contributed by atoms with Crippen LogP contribution in [0.15, 0.2) is 109 Å². The van der Waals surface area contributed by atoms with Gasteiger partial charge in [0.15, 0.2) is 0 Å². The molecule has 3 nitrogen and oxygen atoms in total. The van der Waals surface area contributed by atoms with Crippen LogP contribution in [0, 0.1) is 17.5 Å². The maximum Gasteiger partial charge on any atom is 0.132 e. The van der Waals surface area contributed by atoms with Crippen LogP contribution in [0.5, 0.6) is 0 Å². The normalized spacial score (nSPS) is 12.3. The summed E-state index contributed by atoms with van der Waals surface area (Å²) in [6.45, 7) is 0. The molecule has 0 unspecified atom stereocenters. The van der Waals surface area contributed by atoms with Crippen molar-refractivity contribution in [3.63, 3.8) is 0 Å². The van der Waals surface area contributed by atoms with Gasteiger partial charge in [0, 0.05) is 65.2 Å². The highest BCUT2D eigenvalue weighted by Gasteiger charge is 2.28. The highest BCUT2D eigenvalue weighted by Crippen LogP contribution is 2.51. The van der Waals surface area contributed by atoms with Gasteiger partial charge in [-0.2, -0.15) is 0 Å². The van der Waals surface area contributed by atoms with E-state index in [1.165, 1.54) is 18.2 Å². The molecule has 3 aromatic heterocycles. The number of hydrogen-bond acceptors (Lipinski definition) is 3. The number of rotatable bonds is 3. The molecule has 210 valence electrons. The molecular formula is C39H18F3N3. The summed E-state index contributed by atoms with van der Waals surface area (Å²) in [6.07, 6.45) is 0. The van der Waals surface area contributed by atoms with E-state index in [1.807, 2.05) is 36.4 Å². The largest absolute Gasteiger partial charge is 0.247 e. The van der Waals surface area contributed by atoms with Crippen molar-refractivity contribution in [2.24, 2.45) is 0 Å². The third-order valence-electron chi connectivity index (χ3n) is 9.15. The summed E-state index contributed by atoms with van der Waals surface area (Å²) in [7, 11) is 0. The van der Waals surface area contributed by atoms with Crippen molar-refractivity contribution in [3.8, 4) is 33.8 Å². The molecule has 0 radical (unpaired) electrons. The third kappa shape index (κ3) is 3.13. The van der Waals surface area contributed by atoms with E-state index in [-0.39, 0.29) is 17.5 Å². The number of aromatic nitrogens is 3. The Hall–Kier alpha value is -5.88. The molecule has 7 aromatic carbocycles. The van der Waals surface area contributed by atoms with Gasteiger partial charge in [-0.15, -0.1) is 0 Å². The summed E-state index contributed by atoms with van der Waals surface area (Å²) in [6, 6.07) is 31.4. The molecule has 3 heterocycles. The monoisotopic (exact) mass is 585 g/mol. The van der Waals surface area contributed by atoms with Gasteiger partial charge in [-0.05, 0) is 72.8 Å². The SMILES string of the molecule is Fc1ccccc1-c1nc2ccc3c(-c4ccccc4F)nc4ccc5c(-c6ccccc6F)nc6ccc1c1c6c5c4c3c21. The second kappa shape index (κ2) is 8.61. The Morgan fingerprint density at radius 1 is 0.311 bits per heavy atom. The number of pyridine rings is 3. The Balaban J connectivity index is 1.50. The minimum Gasteiger partial charge on any atom is -0.247 e. The fourth-order valence-corrected chi connectivity index (χ4v) is 7.30. The molecule has 0 aliphatic carbocycles. The van der Waals surface area contributed by atoms with E-state index >= 15 is 13.2 Å². The van der Waals surface area contributed by atoms with Crippen LogP contribution in [-0.2, 0) is 0 Å². The minimum absolute atomic E-state index is 0.365. The van der Waals surface area contributed by atoms with Gasteiger partial charge in [0.1, 0.15) is 17.5 Å². The smallest absolute Gasteiger partial charge is 0.132 e. The van der Waals surface area contributed by atoms with Crippen molar-refractivity contribution in [1.82, 2.24) is 15.0 Å². The fraction of sp³-hybridized carbons (Fsp3) is 0. The lowest BCUT2D eigenvalue weighted by Crippen LogP contribution is -2.01. The Bertz CT molecular complexity index is 2470. The Morgan fingerprint density at radius 2 is 0.600 bits per heavy atom. The molecule has 0 aliphatic heterocycles. The lowest BCUT2D eigenvalue weighted by molar-refractivity contribution is 0.630. The van der Waals surface area contributed by atoms with Crippen LogP contribution in [0.3, 0.4) is 0 Å². The Morgan fingerprint density at radius 3 is 0.889 bits per heavy atom. The minimum atomic E-state index is -0.365. The molecule has 0 amide bonds. The molecule has 0 bridgehead atoms. The summed E-state index contributed by atoms with van der Waals surface area (Å²) in [5.41, 5.74) is 4.85. The molecule has 0 saturated carbocycles. The highest BCUT2D eigenvalue weighted by atomic mass is 19.1. The summed E-state index contributed by atoms with van der Waals surface area (Å²) in [5, 5.41) is 7.68. The second-order valence-corrected chi connectivity index (χ2v) is 11.5. The number of nitrogens with zero attached hydrogens (tertiary/aromatic N) is 3. The van der Waals surface area contributed by atoms with Gasteiger partial charge in [-0.1, -0.05) is 36.4 Å². The standard InChI is InChI=1S/C39H18F3N3/c40-25-10-4-1-7-19(25)37-22-13-16-29-35-31(22)34-28(43-37)17-14-23-32(34)36-30(45-38(23)20-8-2-5-11-26(20)41)18-15-24(33(35)36)39(44-29)21-9-3-6-12-27(21)42/h1-18H. The molecule has 6 heteroatoms. The quantitative estimate of drug-likeness (QED) is 0.153.